The lowest BCUT2D eigenvalue weighted by Gasteiger charge is -2.30. The van der Waals surface area contributed by atoms with E-state index in [1.807, 2.05) is 36.6 Å². The van der Waals surface area contributed by atoms with Crippen LogP contribution in [-0.4, -0.2) is 52.5 Å². The van der Waals surface area contributed by atoms with Crippen LogP contribution in [0.15, 0.2) is 48.9 Å². The molecule has 3 aromatic rings. The van der Waals surface area contributed by atoms with Gasteiger partial charge in [0.05, 0.1) is 30.7 Å². The Morgan fingerprint density at radius 3 is 2.63 bits per heavy atom. The molecule has 0 spiro atoms. The first-order chi connectivity index (χ1) is 16.9. The smallest absolute Gasteiger partial charge is 0.342 e. The Morgan fingerprint density at radius 1 is 1.14 bits per heavy atom. The highest BCUT2D eigenvalue weighted by atomic mass is 31.2. The highest BCUT2D eigenvalue weighted by molar-refractivity contribution is 7.57. The average Bonchev–Trinajstić information content (AvgIpc) is 3.22. The van der Waals surface area contributed by atoms with E-state index in [9.17, 15) is 4.57 Å². The van der Waals surface area contributed by atoms with Crippen molar-refractivity contribution in [2.24, 2.45) is 0 Å². The molecule has 1 aromatic carbocycles. The van der Waals surface area contributed by atoms with Crippen LogP contribution in [-0.2, 0) is 25.3 Å². The van der Waals surface area contributed by atoms with Crippen molar-refractivity contribution >= 4 is 24.4 Å². The number of nitrogens with zero attached hydrogens (tertiary/aromatic N) is 3. The van der Waals surface area contributed by atoms with E-state index in [4.69, 9.17) is 24.5 Å². The van der Waals surface area contributed by atoms with Crippen LogP contribution in [0.4, 0.5) is 5.69 Å². The number of nitrogens with two attached hydrogens (primary N) is 1. The summed E-state index contributed by atoms with van der Waals surface area (Å²) >= 11 is 0. The van der Waals surface area contributed by atoms with Crippen molar-refractivity contribution in [2.75, 3.05) is 25.3 Å². The summed E-state index contributed by atoms with van der Waals surface area (Å²) in [6.07, 6.45) is 5.41. The van der Waals surface area contributed by atoms with Crippen molar-refractivity contribution < 1.29 is 23.3 Å². The van der Waals surface area contributed by atoms with Crippen molar-refractivity contribution in [3.8, 4) is 5.75 Å². The lowest BCUT2D eigenvalue weighted by atomic mass is 10.2. The number of fused-ring (bicyclic) bond motifs is 1. The summed E-state index contributed by atoms with van der Waals surface area (Å²) in [5.74, 6) is 0.492. The van der Waals surface area contributed by atoms with Crippen LogP contribution < -0.4 is 15.3 Å². The molecule has 1 aliphatic rings. The molecule has 0 radical (unpaired) electrons. The molecule has 35 heavy (non-hydrogen) atoms. The van der Waals surface area contributed by atoms with E-state index in [1.54, 1.807) is 30.7 Å². The van der Waals surface area contributed by atoms with Gasteiger partial charge in [-0.3, -0.25) is 4.57 Å². The SMILES string of the molecule is C[C@H](Cn1cnc2c(N)ccnc21)OCP(=O)(N[C@@H](C)C1OCCCCCO1)Oc1ccccc1. The molecular formula is C24H34N5O5P. The van der Waals surface area contributed by atoms with Gasteiger partial charge in [-0.15, -0.1) is 0 Å². The lowest BCUT2D eigenvalue weighted by molar-refractivity contribution is -0.162. The summed E-state index contributed by atoms with van der Waals surface area (Å²) in [5, 5.41) is 3.12. The van der Waals surface area contributed by atoms with Crippen LogP contribution in [0, 0.1) is 0 Å². The zero-order valence-electron chi connectivity index (χ0n) is 20.2. The number of hydrogen-bond acceptors (Lipinski definition) is 8. The van der Waals surface area contributed by atoms with E-state index < -0.39 is 13.8 Å². The quantitative estimate of drug-likeness (QED) is 0.392. The third-order valence-electron chi connectivity index (χ3n) is 5.67. The van der Waals surface area contributed by atoms with Crippen LogP contribution in [0.5, 0.6) is 5.75 Å². The van der Waals surface area contributed by atoms with Gasteiger partial charge in [0.25, 0.3) is 0 Å². The Kier molecular flexibility index (Phi) is 8.75. The van der Waals surface area contributed by atoms with Crippen LogP contribution in [0.2, 0.25) is 0 Å². The minimum atomic E-state index is -3.48. The molecule has 0 bridgehead atoms. The van der Waals surface area contributed by atoms with Gasteiger partial charge in [0, 0.05) is 19.4 Å². The zero-order valence-corrected chi connectivity index (χ0v) is 21.1. The van der Waals surface area contributed by atoms with E-state index in [-0.39, 0.29) is 18.5 Å². The van der Waals surface area contributed by atoms with Gasteiger partial charge in [0.2, 0.25) is 0 Å². The van der Waals surface area contributed by atoms with Crippen molar-refractivity contribution in [1.82, 2.24) is 19.6 Å². The number of imidazole rings is 1. The predicted octanol–water partition coefficient (Wildman–Crippen LogP) is 4.17. The summed E-state index contributed by atoms with van der Waals surface area (Å²) in [7, 11) is -3.48. The molecule has 3 heterocycles. The molecule has 0 amide bonds. The number of hydrogen-bond donors (Lipinski definition) is 2. The fraction of sp³-hybridized carbons (Fsp3) is 0.500. The Bertz CT molecular complexity index is 1120. The molecule has 1 fully saturated rings. The number of aromatic nitrogens is 3. The molecule has 4 rings (SSSR count). The van der Waals surface area contributed by atoms with Gasteiger partial charge in [-0.2, -0.15) is 0 Å². The standard InChI is InChI=1S/C24H34N5O5P/c1-18(15-29-16-27-22-21(25)11-12-26-23(22)29)33-17-35(30,34-20-9-5-3-6-10-20)28-19(2)24-31-13-7-4-8-14-32-24/h3,5-6,9-12,16,18-19,24H,4,7-8,13-15,17H2,1-2H3,(H2,25,26)(H,28,30)/t18-,19+,35?/m1/s1. The molecule has 11 heteroatoms. The van der Waals surface area contributed by atoms with E-state index in [0.717, 1.165) is 19.3 Å². The van der Waals surface area contributed by atoms with Gasteiger partial charge in [0.1, 0.15) is 17.6 Å². The zero-order chi connectivity index (χ0) is 24.7. The van der Waals surface area contributed by atoms with Crippen LogP contribution >= 0.6 is 7.52 Å². The number of nitrogens with one attached hydrogen (secondary N) is 1. The summed E-state index contributed by atoms with van der Waals surface area (Å²) < 4.78 is 39.5. The van der Waals surface area contributed by atoms with E-state index in [1.165, 1.54) is 0 Å². The Morgan fingerprint density at radius 2 is 1.89 bits per heavy atom. The molecule has 10 nitrogen and oxygen atoms in total. The minimum Gasteiger partial charge on any atom is -0.431 e. The Balaban J connectivity index is 1.43. The Hall–Kier alpha value is -2.49. The fourth-order valence-corrected chi connectivity index (χ4v) is 5.74. The molecule has 1 saturated heterocycles. The van der Waals surface area contributed by atoms with Gasteiger partial charge in [-0.25, -0.2) is 15.1 Å². The monoisotopic (exact) mass is 503 g/mol. The maximum Gasteiger partial charge on any atom is 0.342 e. The number of nitrogen functional groups attached to an aromatic ring is 1. The lowest BCUT2D eigenvalue weighted by Crippen LogP contribution is -2.41. The van der Waals surface area contributed by atoms with Crippen LogP contribution in [0.25, 0.3) is 11.2 Å². The third kappa shape index (κ3) is 7.02. The number of rotatable bonds is 10. The van der Waals surface area contributed by atoms with Crippen molar-refractivity contribution in [1.29, 1.82) is 0 Å². The van der Waals surface area contributed by atoms with Gasteiger partial charge in [-0.1, -0.05) is 18.2 Å². The maximum atomic E-state index is 13.9. The molecule has 1 aliphatic heterocycles. The summed E-state index contributed by atoms with van der Waals surface area (Å²) in [5.41, 5.74) is 7.88. The first-order valence-electron chi connectivity index (χ1n) is 12.0. The predicted molar refractivity (Wildman–Crippen MR) is 134 cm³/mol. The van der Waals surface area contributed by atoms with Gasteiger partial charge in [0.15, 0.2) is 11.9 Å². The molecule has 3 N–H and O–H groups in total. The van der Waals surface area contributed by atoms with Gasteiger partial charge >= 0.3 is 7.52 Å². The first kappa shape index (κ1) is 25.6. The van der Waals surface area contributed by atoms with Crippen LogP contribution in [0.3, 0.4) is 0 Å². The van der Waals surface area contributed by atoms with E-state index in [2.05, 4.69) is 15.1 Å². The summed E-state index contributed by atoms with van der Waals surface area (Å²) in [6.45, 7) is 5.44. The topological polar surface area (TPSA) is 123 Å². The van der Waals surface area contributed by atoms with Crippen molar-refractivity contribution in [2.45, 2.75) is 58.1 Å². The molecule has 0 aliphatic carbocycles. The first-order valence-corrected chi connectivity index (χ1v) is 13.8. The second-order valence-corrected chi connectivity index (χ2v) is 10.8. The van der Waals surface area contributed by atoms with Gasteiger partial charge in [-0.05, 0) is 51.3 Å². The second kappa shape index (κ2) is 12.0. The molecule has 3 atom stereocenters. The molecule has 1 unspecified atom stereocenters. The molecule has 0 saturated carbocycles. The molecule has 190 valence electrons. The van der Waals surface area contributed by atoms with Crippen molar-refractivity contribution in [3.63, 3.8) is 0 Å². The third-order valence-corrected chi connectivity index (χ3v) is 7.47. The fourth-order valence-electron chi connectivity index (χ4n) is 3.90. The molecule has 2 aromatic heterocycles. The summed E-state index contributed by atoms with van der Waals surface area (Å²) in [6, 6.07) is 10.4. The Labute approximate surface area is 205 Å². The number of para-hydroxylation sites is 1. The normalized spacial score (nSPS) is 18.9. The highest BCUT2D eigenvalue weighted by Crippen LogP contribution is 2.44. The van der Waals surface area contributed by atoms with Crippen LogP contribution in [0.1, 0.15) is 33.1 Å². The van der Waals surface area contributed by atoms with E-state index >= 15 is 0 Å². The maximum absolute atomic E-state index is 13.9. The second-order valence-electron chi connectivity index (χ2n) is 8.74. The number of benzene rings is 1. The number of anilines is 1. The average molecular weight is 504 g/mol. The highest BCUT2D eigenvalue weighted by Gasteiger charge is 2.32. The molecular weight excluding hydrogens is 469 g/mol. The van der Waals surface area contributed by atoms with E-state index in [0.29, 0.717) is 42.4 Å². The largest absolute Gasteiger partial charge is 0.431 e. The number of ether oxygens (including phenoxy) is 3. The minimum absolute atomic E-state index is 0.137. The summed E-state index contributed by atoms with van der Waals surface area (Å²) in [4.78, 5) is 8.71. The number of pyridine rings is 1. The van der Waals surface area contributed by atoms with Crippen molar-refractivity contribution in [3.05, 3.63) is 48.9 Å². The van der Waals surface area contributed by atoms with Gasteiger partial charge < -0.3 is 29.0 Å².